The van der Waals surface area contributed by atoms with Crippen LogP contribution in [-0.2, 0) is 14.8 Å². The Morgan fingerprint density at radius 3 is 2.05 bits per heavy atom. The van der Waals surface area contributed by atoms with Crippen LogP contribution < -0.4 is 0 Å². The third kappa shape index (κ3) is 3.33. The Labute approximate surface area is 113 Å². The van der Waals surface area contributed by atoms with E-state index in [1.54, 1.807) is 26.0 Å². The molecule has 0 saturated heterocycles. The van der Waals surface area contributed by atoms with Crippen molar-refractivity contribution in [3.63, 3.8) is 0 Å². The zero-order valence-corrected chi connectivity index (χ0v) is 12.3. The Kier molecular flexibility index (Phi) is 4.70. The zero-order valence-electron chi connectivity index (χ0n) is 11.5. The summed E-state index contributed by atoms with van der Waals surface area (Å²) in [6, 6.07) is 5.27. The minimum absolute atomic E-state index is 0.104. The van der Waals surface area contributed by atoms with Crippen molar-refractivity contribution in [1.29, 1.82) is 0 Å². The molecule has 0 saturated carbocycles. The molecular weight excluding hydrogens is 266 g/mol. The second kappa shape index (κ2) is 5.71. The monoisotopic (exact) mass is 285 g/mol. The second-order valence-electron chi connectivity index (χ2n) is 4.86. The van der Waals surface area contributed by atoms with Crippen LogP contribution in [0.2, 0.25) is 0 Å². The van der Waals surface area contributed by atoms with E-state index in [9.17, 15) is 13.2 Å². The van der Waals surface area contributed by atoms with Crippen molar-refractivity contribution >= 4 is 16.0 Å². The number of carbonyl (C=O) groups is 1. The first kappa shape index (κ1) is 15.7. The van der Waals surface area contributed by atoms with Crippen molar-refractivity contribution in [3.8, 4) is 0 Å². The lowest BCUT2D eigenvalue weighted by atomic mass is 10.1. The van der Waals surface area contributed by atoms with Crippen LogP contribution >= 0.6 is 0 Å². The van der Waals surface area contributed by atoms with Gasteiger partial charge in [0.25, 0.3) is 0 Å². The lowest BCUT2D eigenvalue weighted by Gasteiger charge is -2.27. The predicted octanol–water partition coefficient (Wildman–Crippen LogP) is 1.72. The fourth-order valence-electron chi connectivity index (χ4n) is 1.89. The molecule has 1 N–H and O–H groups in total. The maximum Gasteiger partial charge on any atom is 0.322 e. The van der Waals surface area contributed by atoms with Gasteiger partial charge in [-0.15, -0.1) is 0 Å². The Hall–Kier alpha value is -1.40. The number of carboxylic acids is 1. The summed E-state index contributed by atoms with van der Waals surface area (Å²) in [5.74, 6) is -1.46. The van der Waals surface area contributed by atoms with Gasteiger partial charge in [0.1, 0.15) is 6.04 Å². The highest BCUT2D eigenvalue weighted by atomic mass is 32.2. The van der Waals surface area contributed by atoms with Crippen molar-refractivity contribution in [3.05, 3.63) is 29.8 Å². The third-order valence-corrected chi connectivity index (χ3v) is 4.83. The maximum atomic E-state index is 12.4. The van der Waals surface area contributed by atoms with Gasteiger partial charge in [0, 0.05) is 7.05 Å². The fraction of sp³-hybridized carbons (Fsp3) is 0.462. The highest BCUT2D eigenvalue weighted by Crippen LogP contribution is 2.20. The van der Waals surface area contributed by atoms with E-state index in [1.165, 1.54) is 19.2 Å². The molecule has 0 heterocycles. The topological polar surface area (TPSA) is 74.7 Å². The van der Waals surface area contributed by atoms with Gasteiger partial charge in [-0.1, -0.05) is 31.5 Å². The van der Waals surface area contributed by atoms with E-state index in [0.29, 0.717) is 0 Å². The van der Waals surface area contributed by atoms with Crippen molar-refractivity contribution in [2.24, 2.45) is 5.92 Å². The van der Waals surface area contributed by atoms with Crippen LogP contribution in [0.3, 0.4) is 0 Å². The van der Waals surface area contributed by atoms with E-state index in [-0.39, 0.29) is 10.8 Å². The van der Waals surface area contributed by atoms with Crippen molar-refractivity contribution in [2.45, 2.75) is 31.7 Å². The van der Waals surface area contributed by atoms with Gasteiger partial charge in [-0.3, -0.25) is 4.79 Å². The van der Waals surface area contributed by atoms with Crippen LogP contribution in [0.4, 0.5) is 0 Å². The van der Waals surface area contributed by atoms with Gasteiger partial charge in [-0.2, -0.15) is 4.31 Å². The highest BCUT2D eigenvalue weighted by molar-refractivity contribution is 7.89. The van der Waals surface area contributed by atoms with Gasteiger partial charge in [0.2, 0.25) is 10.0 Å². The molecule has 0 amide bonds. The van der Waals surface area contributed by atoms with Crippen molar-refractivity contribution in [1.82, 2.24) is 4.31 Å². The summed E-state index contributed by atoms with van der Waals surface area (Å²) in [5, 5.41) is 9.16. The molecule has 19 heavy (non-hydrogen) atoms. The zero-order chi connectivity index (χ0) is 14.8. The molecule has 0 aliphatic carbocycles. The molecule has 0 radical (unpaired) electrons. The molecule has 106 valence electrons. The first-order valence-electron chi connectivity index (χ1n) is 5.95. The van der Waals surface area contributed by atoms with Crippen LogP contribution in [0.1, 0.15) is 19.4 Å². The first-order valence-corrected chi connectivity index (χ1v) is 7.39. The van der Waals surface area contributed by atoms with Crippen LogP contribution in [0.15, 0.2) is 29.2 Å². The Bertz CT molecular complexity index is 549. The van der Waals surface area contributed by atoms with E-state index < -0.39 is 22.0 Å². The number of aliphatic carboxylic acids is 1. The molecule has 5 nitrogen and oxygen atoms in total. The highest BCUT2D eigenvalue weighted by Gasteiger charge is 2.34. The lowest BCUT2D eigenvalue weighted by Crippen LogP contribution is -2.45. The summed E-state index contributed by atoms with van der Waals surface area (Å²) in [6.45, 7) is 5.22. The number of benzene rings is 1. The molecule has 6 heteroatoms. The SMILES string of the molecule is Cc1ccc(S(=O)(=O)N(C)[C@H](C(=O)O)C(C)C)cc1. The van der Waals surface area contributed by atoms with E-state index in [1.807, 2.05) is 6.92 Å². The number of hydrogen-bond acceptors (Lipinski definition) is 3. The van der Waals surface area contributed by atoms with Crippen molar-refractivity contribution in [2.75, 3.05) is 7.05 Å². The second-order valence-corrected chi connectivity index (χ2v) is 6.86. The summed E-state index contributed by atoms with van der Waals surface area (Å²) in [4.78, 5) is 11.3. The smallest absolute Gasteiger partial charge is 0.322 e. The van der Waals surface area contributed by atoms with Crippen molar-refractivity contribution < 1.29 is 18.3 Å². The number of hydrogen-bond donors (Lipinski definition) is 1. The minimum atomic E-state index is -3.79. The largest absolute Gasteiger partial charge is 0.480 e. The molecule has 0 fully saturated rings. The van der Waals surface area contributed by atoms with Crippen LogP contribution in [0, 0.1) is 12.8 Å². The molecule has 1 aromatic carbocycles. The first-order chi connectivity index (χ1) is 8.67. The average Bonchev–Trinajstić information content (AvgIpc) is 2.28. The van der Waals surface area contributed by atoms with Crippen LogP contribution in [0.25, 0.3) is 0 Å². The molecular formula is C13H19NO4S. The number of carboxylic acid groups (broad SMARTS) is 1. The summed E-state index contributed by atoms with van der Waals surface area (Å²) < 4.78 is 25.6. The Morgan fingerprint density at radius 2 is 1.68 bits per heavy atom. The quantitative estimate of drug-likeness (QED) is 0.894. The molecule has 0 aliphatic rings. The summed E-state index contributed by atoms with van der Waals surface area (Å²) in [6.07, 6.45) is 0. The maximum absolute atomic E-state index is 12.4. The molecule has 0 spiro atoms. The van der Waals surface area contributed by atoms with Crippen LogP contribution in [0.5, 0.6) is 0 Å². The fourth-order valence-corrected chi connectivity index (χ4v) is 3.33. The normalized spacial score (nSPS) is 13.8. The molecule has 1 aromatic rings. The van der Waals surface area contributed by atoms with Crippen LogP contribution in [-0.4, -0.2) is 36.9 Å². The minimum Gasteiger partial charge on any atom is -0.480 e. The lowest BCUT2D eigenvalue weighted by molar-refractivity contribution is -0.142. The number of nitrogens with zero attached hydrogens (tertiary/aromatic N) is 1. The number of likely N-dealkylation sites (N-methyl/N-ethyl adjacent to an activating group) is 1. The van der Waals surface area contributed by atoms with Gasteiger partial charge in [-0.05, 0) is 25.0 Å². The molecule has 0 bridgehead atoms. The predicted molar refractivity (Wildman–Crippen MR) is 72.4 cm³/mol. The molecule has 0 aromatic heterocycles. The van der Waals surface area contributed by atoms with Gasteiger partial charge < -0.3 is 5.11 Å². The standard InChI is InChI=1S/C13H19NO4S/c1-9(2)12(13(15)16)14(4)19(17,18)11-7-5-10(3)6-8-11/h5-9,12H,1-4H3,(H,15,16)/t12-/m0/s1. The number of aryl methyl sites for hydroxylation is 1. The Balaban J connectivity index is 3.19. The van der Waals surface area contributed by atoms with E-state index in [2.05, 4.69) is 0 Å². The van der Waals surface area contributed by atoms with E-state index >= 15 is 0 Å². The summed E-state index contributed by atoms with van der Waals surface area (Å²) in [5.41, 5.74) is 0.945. The molecule has 1 atom stereocenters. The number of sulfonamides is 1. The number of rotatable bonds is 5. The third-order valence-electron chi connectivity index (χ3n) is 2.97. The van der Waals surface area contributed by atoms with Gasteiger partial charge in [0.05, 0.1) is 4.90 Å². The Morgan fingerprint density at radius 1 is 1.21 bits per heavy atom. The molecule has 0 aliphatic heterocycles. The van der Waals surface area contributed by atoms with Gasteiger partial charge in [0.15, 0.2) is 0 Å². The average molecular weight is 285 g/mol. The molecule has 1 rings (SSSR count). The van der Waals surface area contributed by atoms with Gasteiger partial charge >= 0.3 is 5.97 Å². The van der Waals surface area contributed by atoms with E-state index in [4.69, 9.17) is 5.11 Å². The summed E-state index contributed by atoms with van der Waals surface area (Å²) in [7, 11) is -2.49. The molecule has 0 unspecified atom stereocenters. The van der Waals surface area contributed by atoms with E-state index in [0.717, 1.165) is 9.87 Å². The van der Waals surface area contributed by atoms with Gasteiger partial charge in [-0.25, -0.2) is 8.42 Å². The summed E-state index contributed by atoms with van der Waals surface area (Å²) >= 11 is 0.